The second kappa shape index (κ2) is 9.15. The molecule has 140 valence electrons. The second-order valence-electron chi connectivity index (χ2n) is 6.67. The summed E-state index contributed by atoms with van der Waals surface area (Å²) >= 11 is 0. The standard InChI is InChI=1S/C18H28N2O5/c1-19(2)17(22)11-18(23)13-20(6-8-24-14-18)12-15-4-3-5-16(10-15)25-9-7-21/h3-5,10,21,23H,6-9,11-14H2,1-2H3. The number of amides is 1. The first-order chi connectivity index (χ1) is 11.9. The van der Waals surface area contributed by atoms with E-state index in [2.05, 4.69) is 4.90 Å². The summed E-state index contributed by atoms with van der Waals surface area (Å²) in [5.41, 5.74) is -0.151. The van der Waals surface area contributed by atoms with Gasteiger partial charge < -0.3 is 24.6 Å². The number of aliphatic hydroxyl groups is 2. The van der Waals surface area contributed by atoms with Gasteiger partial charge in [-0.15, -0.1) is 0 Å². The lowest BCUT2D eigenvalue weighted by Crippen LogP contribution is -2.47. The molecule has 2 N–H and O–H groups in total. The zero-order valence-corrected chi connectivity index (χ0v) is 15.0. The molecule has 1 aromatic carbocycles. The van der Waals surface area contributed by atoms with Gasteiger partial charge in [-0.3, -0.25) is 9.69 Å². The first-order valence-electron chi connectivity index (χ1n) is 8.47. The molecule has 7 heteroatoms. The van der Waals surface area contributed by atoms with Crippen LogP contribution < -0.4 is 4.74 Å². The predicted octanol–water partition coefficient (Wildman–Crippen LogP) is 0.0993. The number of β-amino-alcohol motifs (C(OH)–C–C–N with tert-alkyl or cyclic N) is 1. The predicted molar refractivity (Wildman–Crippen MR) is 93.4 cm³/mol. The number of nitrogens with zero attached hydrogens (tertiary/aromatic N) is 2. The molecule has 1 amide bonds. The number of benzene rings is 1. The Balaban J connectivity index is 2.02. The Morgan fingerprint density at radius 1 is 1.44 bits per heavy atom. The first kappa shape index (κ1) is 19.7. The van der Waals surface area contributed by atoms with Crippen molar-refractivity contribution in [3.63, 3.8) is 0 Å². The maximum Gasteiger partial charge on any atom is 0.225 e. The van der Waals surface area contributed by atoms with E-state index >= 15 is 0 Å². The monoisotopic (exact) mass is 352 g/mol. The van der Waals surface area contributed by atoms with Crippen molar-refractivity contribution in [2.75, 3.05) is 53.6 Å². The highest BCUT2D eigenvalue weighted by Crippen LogP contribution is 2.21. The molecule has 1 unspecified atom stereocenters. The number of aliphatic hydroxyl groups excluding tert-OH is 1. The SMILES string of the molecule is CN(C)C(=O)CC1(O)COCCN(Cc2cccc(OCCO)c2)C1. The summed E-state index contributed by atoms with van der Waals surface area (Å²) in [5, 5.41) is 19.7. The number of hydrogen-bond donors (Lipinski definition) is 2. The highest BCUT2D eigenvalue weighted by atomic mass is 16.5. The van der Waals surface area contributed by atoms with Crippen LogP contribution in [0, 0.1) is 0 Å². The van der Waals surface area contributed by atoms with E-state index in [-0.39, 0.29) is 32.1 Å². The molecule has 7 nitrogen and oxygen atoms in total. The molecule has 1 aliphatic rings. The van der Waals surface area contributed by atoms with E-state index in [4.69, 9.17) is 14.6 Å². The molecule has 1 heterocycles. The summed E-state index contributed by atoms with van der Waals surface area (Å²) in [6.45, 7) is 2.57. The smallest absolute Gasteiger partial charge is 0.225 e. The molecule has 25 heavy (non-hydrogen) atoms. The van der Waals surface area contributed by atoms with Crippen molar-refractivity contribution in [2.24, 2.45) is 0 Å². The van der Waals surface area contributed by atoms with E-state index in [9.17, 15) is 9.90 Å². The van der Waals surface area contributed by atoms with Gasteiger partial charge in [0.15, 0.2) is 0 Å². The number of rotatable bonds is 7. The van der Waals surface area contributed by atoms with E-state index in [0.717, 1.165) is 5.56 Å². The average molecular weight is 352 g/mol. The zero-order chi connectivity index (χ0) is 18.3. The van der Waals surface area contributed by atoms with Gasteiger partial charge in [-0.1, -0.05) is 12.1 Å². The second-order valence-corrected chi connectivity index (χ2v) is 6.67. The van der Waals surface area contributed by atoms with Crippen LogP contribution >= 0.6 is 0 Å². The van der Waals surface area contributed by atoms with Gasteiger partial charge in [0.05, 0.1) is 26.2 Å². The fourth-order valence-corrected chi connectivity index (χ4v) is 2.83. The zero-order valence-electron chi connectivity index (χ0n) is 15.0. The lowest BCUT2D eigenvalue weighted by atomic mass is 9.99. The van der Waals surface area contributed by atoms with Gasteiger partial charge in [0.2, 0.25) is 5.91 Å². The molecule has 0 saturated carbocycles. The minimum Gasteiger partial charge on any atom is -0.491 e. The quantitative estimate of drug-likeness (QED) is 0.724. The summed E-state index contributed by atoms with van der Waals surface area (Å²) in [7, 11) is 3.36. The molecule has 0 radical (unpaired) electrons. The minimum absolute atomic E-state index is 0.0272. The fourth-order valence-electron chi connectivity index (χ4n) is 2.83. The Morgan fingerprint density at radius 2 is 2.24 bits per heavy atom. The van der Waals surface area contributed by atoms with Crippen molar-refractivity contribution in [3.05, 3.63) is 29.8 Å². The molecule has 0 spiro atoms. The van der Waals surface area contributed by atoms with Gasteiger partial charge >= 0.3 is 0 Å². The lowest BCUT2D eigenvalue weighted by molar-refractivity contribution is -0.136. The van der Waals surface area contributed by atoms with Gasteiger partial charge in [0.25, 0.3) is 0 Å². The van der Waals surface area contributed by atoms with Crippen LogP contribution in [0.4, 0.5) is 0 Å². The molecule has 0 aromatic heterocycles. The molecule has 1 aromatic rings. The topological polar surface area (TPSA) is 82.5 Å². The summed E-state index contributed by atoms with van der Waals surface area (Å²) in [4.78, 5) is 15.6. The van der Waals surface area contributed by atoms with Crippen molar-refractivity contribution in [2.45, 2.75) is 18.6 Å². The van der Waals surface area contributed by atoms with Crippen molar-refractivity contribution < 1.29 is 24.5 Å². The minimum atomic E-state index is -1.19. The molecular weight excluding hydrogens is 324 g/mol. The van der Waals surface area contributed by atoms with Crippen molar-refractivity contribution in [1.29, 1.82) is 0 Å². The molecule has 1 fully saturated rings. The van der Waals surface area contributed by atoms with Gasteiger partial charge in [0, 0.05) is 33.7 Å². The van der Waals surface area contributed by atoms with Crippen LogP contribution in [0.25, 0.3) is 0 Å². The molecule has 0 aliphatic carbocycles. The summed E-state index contributed by atoms with van der Waals surface area (Å²) in [6, 6.07) is 7.65. The largest absolute Gasteiger partial charge is 0.491 e. The molecule has 2 rings (SSSR count). The van der Waals surface area contributed by atoms with Crippen molar-refractivity contribution >= 4 is 5.91 Å². The Morgan fingerprint density at radius 3 is 2.96 bits per heavy atom. The van der Waals surface area contributed by atoms with E-state index < -0.39 is 5.60 Å². The fraction of sp³-hybridized carbons (Fsp3) is 0.611. The maximum atomic E-state index is 12.0. The Labute approximate surface area is 148 Å². The van der Waals surface area contributed by atoms with Gasteiger partial charge in [-0.05, 0) is 17.7 Å². The van der Waals surface area contributed by atoms with E-state index in [1.54, 1.807) is 14.1 Å². The number of ether oxygens (including phenoxy) is 2. The summed E-state index contributed by atoms with van der Waals surface area (Å²) in [6.07, 6.45) is 0.0378. The van der Waals surface area contributed by atoms with E-state index in [0.29, 0.717) is 32.0 Å². The normalized spacial score (nSPS) is 21.6. The van der Waals surface area contributed by atoms with Crippen LogP contribution in [-0.4, -0.2) is 85.1 Å². The van der Waals surface area contributed by atoms with Gasteiger partial charge in [-0.25, -0.2) is 0 Å². The third-order valence-electron chi connectivity index (χ3n) is 4.08. The number of carbonyl (C=O) groups is 1. The molecule has 1 atom stereocenters. The van der Waals surface area contributed by atoms with Crippen molar-refractivity contribution in [1.82, 2.24) is 9.80 Å². The molecule has 0 bridgehead atoms. The van der Waals surface area contributed by atoms with E-state index in [1.165, 1.54) is 4.90 Å². The Kier molecular flexibility index (Phi) is 7.19. The Bertz CT molecular complexity index is 566. The highest BCUT2D eigenvalue weighted by Gasteiger charge is 2.35. The van der Waals surface area contributed by atoms with E-state index in [1.807, 2.05) is 24.3 Å². The first-order valence-corrected chi connectivity index (χ1v) is 8.47. The molecular formula is C18H28N2O5. The van der Waals surface area contributed by atoms with Gasteiger partial charge in [-0.2, -0.15) is 0 Å². The van der Waals surface area contributed by atoms with Crippen LogP contribution in [0.2, 0.25) is 0 Å². The number of hydrogen-bond acceptors (Lipinski definition) is 6. The average Bonchev–Trinajstić information content (AvgIpc) is 2.74. The highest BCUT2D eigenvalue weighted by molar-refractivity contribution is 5.76. The third-order valence-corrected chi connectivity index (χ3v) is 4.08. The summed E-state index contributed by atoms with van der Waals surface area (Å²) < 4.78 is 11.0. The van der Waals surface area contributed by atoms with Gasteiger partial charge in [0.1, 0.15) is 18.0 Å². The third kappa shape index (κ3) is 6.28. The molecule has 1 aliphatic heterocycles. The maximum absolute atomic E-state index is 12.0. The van der Waals surface area contributed by atoms with Crippen LogP contribution in [0.1, 0.15) is 12.0 Å². The Hall–Kier alpha value is -1.67. The van der Waals surface area contributed by atoms with Crippen molar-refractivity contribution in [3.8, 4) is 5.75 Å². The van der Waals surface area contributed by atoms with Crippen LogP contribution in [-0.2, 0) is 16.1 Å². The van der Waals surface area contributed by atoms with Crippen LogP contribution in [0.3, 0.4) is 0 Å². The lowest BCUT2D eigenvalue weighted by Gasteiger charge is -2.31. The van der Waals surface area contributed by atoms with Crippen LogP contribution in [0.15, 0.2) is 24.3 Å². The summed E-state index contributed by atoms with van der Waals surface area (Å²) in [5.74, 6) is 0.586. The number of carbonyl (C=O) groups excluding carboxylic acids is 1. The van der Waals surface area contributed by atoms with Crippen LogP contribution in [0.5, 0.6) is 5.75 Å². The molecule has 1 saturated heterocycles.